The van der Waals surface area contributed by atoms with Crippen molar-refractivity contribution < 1.29 is 14.3 Å². The van der Waals surface area contributed by atoms with Crippen molar-refractivity contribution in [1.82, 2.24) is 14.9 Å². The number of methoxy groups -OCH3 is 2. The fourth-order valence-electron chi connectivity index (χ4n) is 4.75. The summed E-state index contributed by atoms with van der Waals surface area (Å²) in [6, 6.07) is 15.1. The van der Waals surface area contributed by atoms with E-state index in [0.717, 1.165) is 46.6 Å². The lowest BCUT2D eigenvalue weighted by Crippen LogP contribution is -2.25. The Morgan fingerprint density at radius 2 is 2.00 bits per heavy atom. The number of hydrogen-bond donors (Lipinski definition) is 1. The molecule has 0 aliphatic heterocycles. The van der Waals surface area contributed by atoms with Crippen LogP contribution in [0.3, 0.4) is 0 Å². The minimum absolute atomic E-state index is 0.0740. The molecule has 7 heteroatoms. The molecule has 34 heavy (non-hydrogen) atoms. The van der Waals surface area contributed by atoms with Crippen LogP contribution in [0.2, 0.25) is 0 Å². The molecule has 176 valence electrons. The van der Waals surface area contributed by atoms with Crippen molar-refractivity contribution in [3.8, 4) is 22.7 Å². The van der Waals surface area contributed by atoms with E-state index in [1.807, 2.05) is 11.6 Å². The molecule has 4 aromatic rings. The van der Waals surface area contributed by atoms with Gasteiger partial charge < -0.3 is 19.4 Å². The number of nitrogens with one attached hydrogen (secondary N) is 1. The molecule has 5 rings (SSSR count). The third-order valence-electron chi connectivity index (χ3n) is 6.42. The van der Waals surface area contributed by atoms with Crippen molar-refractivity contribution in [3.05, 3.63) is 64.8 Å². The lowest BCUT2D eigenvalue weighted by Gasteiger charge is -2.21. The second-order valence-corrected chi connectivity index (χ2v) is 9.46. The number of aromatic nitrogens is 2. The minimum atomic E-state index is 0.0740. The first kappa shape index (κ1) is 22.6. The lowest BCUT2D eigenvalue weighted by molar-refractivity contribution is -0.121. The maximum atomic E-state index is 12.5. The van der Waals surface area contributed by atoms with Gasteiger partial charge in [-0.1, -0.05) is 0 Å². The van der Waals surface area contributed by atoms with Gasteiger partial charge in [0.2, 0.25) is 5.91 Å². The van der Waals surface area contributed by atoms with Crippen LogP contribution in [0.15, 0.2) is 48.0 Å². The molecule has 1 N–H and O–H groups in total. The quantitative estimate of drug-likeness (QED) is 0.348. The fraction of sp³-hybridized carbons (Fsp3) is 0.333. The molecule has 0 unspecified atom stereocenters. The summed E-state index contributed by atoms with van der Waals surface area (Å²) in [5, 5.41) is 3.01. The van der Waals surface area contributed by atoms with Crippen molar-refractivity contribution in [2.45, 2.75) is 32.1 Å². The Bertz CT molecular complexity index is 1320. The standard InChI is InChI=1S/C27H29N3O3S/c1-32-13-3-12-28-26(31)11-7-20-14-19-5-4-18-15-22(33-2)8-9-23(18)27(19)30(20)21-6-10-24-25(16-21)34-17-29-24/h6,8-10,14-17H,3-5,7,11-13H2,1-2H3,(H,28,31). The molecular weight excluding hydrogens is 446 g/mol. The van der Waals surface area contributed by atoms with Crippen molar-refractivity contribution in [3.63, 3.8) is 0 Å². The van der Waals surface area contributed by atoms with Crippen molar-refractivity contribution in [2.75, 3.05) is 27.4 Å². The molecular formula is C27H29N3O3S. The van der Waals surface area contributed by atoms with Gasteiger partial charge in [0, 0.05) is 43.6 Å². The predicted octanol–water partition coefficient (Wildman–Crippen LogP) is 4.95. The first-order valence-corrected chi connectivity index (χ1v) is 12.6. The summed E-state index contributed by atoms with van der Waals surface area (Å²) in [4.78, 5) is 16.9. The molecule has 1 aliphatic rings. The normalized spacial score (nSPS) is 12.4. The van der Waals surface area contributed by atoms with Gasteiger partial charge in [0.1, 0.15) is 5.75 Å². The van der Waals surface area contributed by atoms with Crippen molar-refractivity contribution in [1.29, 1.82) is 0 Å². The number of amides is 1. The number of nitrogens with zero attached hydrogens (tertiary/aromatic N) is 2. The van der Waals surface area contributed by atoms with E-state index in [2.05, 4.69) is 51.3 Å². The fourth-order valence-corrected chi connectivity index (χ4v) is 5.46. The highest BCUT2D eigenvalue weighted by molar-refractivity contribution is 7.16. The molecule has 1 aliphatic carbocycles. The molecule has 2 heterocycles. The van der Waals surface area contributed by atoms with Crippen LogP contribution in [0, 0.1) is 0 Å². The lowest BCUT2D eigenvalue weighted by atomic mass is 9.90. The molecule has 2 aromatic heterocycles. The smallest absolute Gasteiger partial charge is 0.220 e. The van der Waals surface area contributed by atoms with Crippen LogP contribution in [0.25, 0.3) is 27.2 Å². The maximum Gasteiger partial charge on any atom is 0.220 e. The van der Waals surface area contributed by atoms with Crippen LogP contribution in [0.4, 0.5) is 0 Å². The molecule has 1 amide bonds. The van der Waals surface area contributed by atoms with Gasteiger partial charge in [-0.15, -0.1) is 11.3 Å². The average molecular weight is 476 g/mol. The summed E-state index contributed by atoms with van der Waals surface area (Å²) in [7, 11) is 3.39. The minimum Gasteiger partial charge on any atom is -0.497 e. The van der Waals surface area contributed by atoms with Gasteiger partial charge >= 0.3 is 0 Å². The van der Waals surface area contributed by atoms with E-state index in [9.17, 15) is 4.79 Å². The van der Waals surface area contributed by atoms with E-state index in [0.29, 0.717) is 26.0 Å². The zero-order chi connectivity index (χ0) is 23.5. The van der Waals surface area contributed by atoms with Gasteiger partial charge in [-0.2, -0.15) is 0 Å². The van der Waals surface area contributed by atoms with Gasteiger partial charge in [-0.05, 0) is 79.3 Å². The number of fused-ring (bicyclic) bond motifs is 4. The highest BCUT2D eigenvalue weighted by Gasteiger charge is 2.24. The maximum absolute atomic E-state index is 12.5. The summed E-state index contributed by atoms with van der Waals surface area (Å²) in [6.07, 6.45) is 3.91. The Kier molecular flexibility index (Phi) is 6.65. The number of benzene rings is 2. The highest BCUT2D eigenvalue weighted by Crippen LogP contribution is 2.40. The molecule has 0 fully saturated rings. The second kappa shape index (κ2) is 9.99. The Balaban J connectivity index is 1.51. The number of aryl methyl sites for hydroxylation is 3. The number of thiazole rings is 1. The van der Waals surface area contributed by atoms with E-state index in [1.54, 1.807) is 25.6 Å². The van der Waals surface area contributed by atoms with Crippen LogP contribution < -0.4 is 10.1 Å². The van der Waals surface area contributed by atoms with Crippen LogP contribution in [0.1, 0.15) is 29.7 Å². The van der Waals surface area contributed by atoms with E-state index in [-0.39, 0.29) is 5.91 Å². The summed E-state index contributed by atoms with van der Waals surface area (Å²) >= 11 is 1.65. The van der Waals surface area contributed by atoms with Gasteiger partial charge in [-0.25, -0.2) is 4.98 Å². The molecule has 6 nitrogen and oxygen atoms in total. The van der Waals surface area contributed by atoms with Crippen LogP contribution >= 0.6 is 11.3 Å². The van der Waals surface area contributed by atoms with Crippen LogP contribution in [-0.2, 0) is 28.8 Å². The number of carbonyl (C=O) groups excluding carboxylic acids is 1. The molecule has 0 spiro atoms. The molecule has 0 radical (unpaired) electrons. The van der Waals surface area contributed by atoms with E-state index < -0.39 is 0 Å². The molecule has 0 saturated heterocycles. The number of carbonyl (C=O) groups is 1. The monoisotopic (exact) mass is 475 g/mol. The van der Waals surface area contributed by atoms with Gasteiger partial charge in [0.05, 0.1) is 28.5 Å². The number of rotatable bonds is 9. The van der Waals surface area contributed by atoms with E-state index >= 15 is 0 Å². The largest absolute Gasteiger partial charge is 0.497 e. The summed E-state index contributed by atoms with van der Waals surface area (Å²) in [5.41, 5.74) is 10.3. The van der Waals surface area contributed by atoms with Gasteiger partial charge in [0.25, 0.3) is 0 Å². The van der Waals surface area contributed by atoms with Crippen molar-refractivity contribution in [2.24, 2.45) is 0 Å². The Labute approximate surface area is 203 Å². The third kappa shape index (κ3) is 4.45. The Morgan fingerprint density at radius 3 is 2.85 bits per heavy atom. The average Bonchev–Trinajstić information content (AvgIpc) is 3.48. The molecule has 2 aromatic carbocycles. The summed E-state index contributed by atoms with van der Waals surface area (Å²) in [5.74, 6) is 0.960. The first-order chi connectivity index (χ1) is 16.7. The van der Waals surface area contributed by atoms with E-state index in [4.69, 9.17) is 9.47 Å². The zero-order valence-electron chi connectivity index (χ0n) is 19.6. The molecule has 0 bridgehead atoms. The Hall–Kier alpha value is -3.16. The number of ether oxygens (including phenoxy) is 2. The first-order valence-electron chi connectivity index (χ1n) is 11.7. The number of hydrogen-bond acceptors (Lipinski definition) is 5. The van der Waals surface area contributed by atoms with Gasteiger partial charge in [-0.3, -0.25) is 4.79 Å². The zero-order valence-corrected chi connectivity index (χ0v) is 20.4. The summed E-state index contributed by atoms with van der Waals surface area (Å²) < 4.78 is 14.0. The van der Waals surface area contributed by atoms with Crippen LogP contribution in [0.5, 0.6) is 5.75 Å². The Morgan fingerprint density at radius 1 is 1.12 bits per heavy atom. The third-order valence-corrected chi connectivity index (χ3v) is 7.21. The predicted molar refractivity (Wildman–Crippen MR) is 136 cm³/mol. The topological polar surface area (TPSA) is 65.4 Å². The highest BCUT2D eigenvalue weighted by atomic mass is 32.1. The van der Waals surface area contributed by atoms with Gasteiger partial charge in [0.15, 0.2) is 0 Å². The summed E-state index contributed by atoms with van der Waals surface area (Å²) in [6.45, 7) is 1.29. The van der Waals surface area contributed by atoms with Crippen LogP contribution in [-0.4, -0.2) is 42.8 Å². The SMILES string of the molecule is COCCCNC(=O)CCc1cc2c(n1-c1ccc3ncsc3c1)-c1ccc(OC)cc1CC2. The van der Waals surface area contributed by atoms with Crippen molar-refractivity contribution >= 4 is 27.5 Å². The molecule has 0 saturated carbocycles. The van der Waals surface area contributed by atoms with E-state index in [1.165, 1.54) is 22.4 Å². The molecule has 0 atom stereocenters. The second-order valence-electron chi connectivity index (χ2n) is 8.57.